The summed E-state index contributed by atoms with van der Waals surface area (Å²) in [4.78, 5) is 17.5. The lowest BCUT2D eigenvalue weighted by atomic mass is 10.1. The Balaban J connectivity index is 2.19. The zero-order valence-corrected chi connectivity index (χ0v) is 13.7. The van der Waals surface area contributed by atoms with Gasteiger partial charge in [0.1, 0.15) is 29.2 Å². The first-order chi connectivity index (χ1) is 12.0. The number of benzene rings is 2. The third-order valence-corrected chi connectivity index (χ3v) is 4.26. The van der Waals surface area contributed by atoms with Gasteiger partial charge in [0.15, 0.2) is 0 Å². The van der Waals surface area contributed by atoms with Gasteiger partial charge in [-0.2, -0.15) is 0 Å². The summed E-state index contributed by atoms with van der Waals surface area (Å²) in [7, 11) is 0. The predicted molar refractivity (Wildman–Crippen MR) is 92.7 cm³/mol. The third-order valence-electron chi connectivity index (χ3n) is 4.26. The van der Waals surface area contributed by atoms with Gasteiger partial charge in [0, 0.05) is 11.6 Å². The van der Waals surface area contributed by atoms with Crippen LogP contribution in [0.5, 0.6) is 0 Å². The smallest absolute Gasteiger partial charge is 0.277 e. The van der Waals surface area contributed by atoms with Crippen molar-refractivity contribution in [2.24, 2.45) is 0 Å². The van der Waals surface area contributed by atoms with E-state index in [0.717, 1.165) is 0 Å². The largest absolute Gasteiger partial charge is 0.302 e. The number of aromatic nitrogens is 3. The van der Waals surface area contributed by atoms with E-state index in [2.05, 4.69) is 4.98 Å². The summed E-state index contributed by atoms with van der Waals surface area (Å²) in [5.74, 6) is -0.809. The van der Waals surface area contributed by atoms with E-state index in [4.69, 9.17) is 0 Å². The van der Waals surface area contributed by atoms with Crippen LogP contribution >= 0.6 is 0 Å². The van der Waals surface area contributed by atoms with Gasteiger partial charge >= 0.3 is 0 Å². The minimum Gasteiger partial charge on any atom is -0.302 e. The second kappa shape index (κ2) is 5.51. The molecule has 0 aliphatic heterocycles. The second-order valence-corrected chi connectivity index (χ2v) is 6.22. The normalized spacial score (nSPS) is 11.7. The highest BCUT2D eigenvalue weighted by molar-refractivity contribution is 5.85. The number of rotatable bonds is 2. The van der Waals surface area contributed by atoms with Crippen molar-refractivity contribution in [2.75, 3.05) is 0 Å². The van der Waals surface area contributed by atoms with Gasteiger partial charge in [-0.1, -0.05) is 12.1 Å². The molecule has 0 atom stereocenters. The fourth-order valence-corrected chi connectivity index (χ4v) is 3.21. The molecule has 0 saturated carbocycles. The van der Waals surface area contributed by atoms with Crippen molar-refractivity contribution in [3.05, 3.63) is 70.8 Å². The molecule has 0 spiro atoms. The molecular formula is C19H15F2N3O. The lowest BCUT2D eigenvalue weighted by Crippen LogP contribution is -2.24. The van der Waals surface area contributed by atoms with Crippen molar-refractivity contribution in [3.63, 3.8) is 0 Å². The van der Waals surface area contributed by atoms with Gasteiger partial charge in [-0.3, -0.25) is 9.20 Å². The first kappa shape index (κ1) is 15.5. The molecule has 2 heterocycles. The van der Waals surface area contributed by atoms with E-state index in [-0.39, 0.29) is 11.6 Å². The lowest BCUT2D eigenvalue weighted by Gasteiger charge is -2.15. The SMILES string of the molecule is CC(C)n1c(=O)c2c(-c3cccc(F)c3)ncn2c2ccc(F)cc21. The highest BCUT2D eigenvalue weighted by atomic mass is 19.1. The van der Waals surface area contributed by atoms with Crippen LogP contribution in [0.4, 0.5) is 8.78 Å². The number of fused-ring (bicyclic) bond motifs is 3. The Hall–Kier alpha value is -3.02. The lowest BCUT2D eigenvalue weighted by molar-refractivity contribution is 0.594. The summed E-state index contributed by atoms with van der Waals surface area (Å²) in [5.41, 5.74) is 2.15. The number of imidazole rings is 1. The summed E-state index contributed by atoms with van der Waals surface area (Å²) < 4.78 is 30.5. The molecular weight excluding hydrogens is 324 g/mol. The van der Waals surface area contributed by atoms with E-state index in [1.54, 1.807) is 22.6 Å². The quantitative estimate of drug-likeness (QED) is 0.550. The number of nitrogens with zero attached hydrogens (tertiary/aromatic N) is 3. The van der Waals surface area contributed by atoms with Crippen LogP contribution in [-0.2, 0) is 0 Å². The van der Waals surface area contributed by atoms with Crippen LogP contribution in [0.3, 0.4) is 0 Å². The van der Waals surface area contributed by atoms with Crippen LogP contribution in [0.25, 0.3) is 27.8 Å². The second-order valence-electron chi connectivity index (χ2n) is 6.22. The Labute approximate surface area is 142 Å². The maximum atomic E-state index is 13.7. The van der Waals surface area contributed by atoms with Gasteiger partial charge in [-0.05, 0) is 44.2 Å². The molecule has 2 aromatic heterocycles. The molecule has 6 heteroatoms. The fraction of sp³-hybridized carbons (Fsp3) is 0.158. The maximum Gasteiger partial charge on any atom is 0.277 e. The molecule has 4 rings (SSSR count). The average Bonchev–Trinajstić information content (AvgIpc) is 3.00. The monoisotopic (exact) mass is 339 g/mol. The molecule has 2 aromatic carbocycles. The minimum atomic E-state index is -0.411. The third kappa shape index (κ3) is 2.33. The van der Waals surface area contributed by atoms with E-state index in [1.807, 2.05) is 13.8 Å². The van der Waals surface area contributed by atoms with E-state index in [0.29, 0.717) is 27.8 Å². The zero-order chi connectivity index (χ0) is 17.7. The van der Waals surface area contributed by atoms with Crippen LogP contribution in [0.15, 0.2) is 53.6 Å². The van der Waals surface area contributed by atoms with Crippen molar-refractivity contribution in [1.82, 2.24) is 14.0 Å². The minimum absolute atomic E-state index is 0.169. The van der Waals surface area contributed by atoms with Gasteiger partial charge in [-0.15, -0.1) is 0 Å². The zero-order valence-electron chi connectivity index (χ0n) is 13.7. The van der Waals surface area contributed by atoms with Crippen LogP contribution in [0.1, 0.15) is 19.9 Å². The molecule has 4 nitrogen and oxygen atoms in total. The van der Waals surface area contributed by atoms with Crippen LogP contribution in [0.2, 0.25) is 0 Å². The average molecular weight is 339 g/mol. The predicted octanol–water partition coefficient (Wildman–Crippen LogP) is 4.18. The van der Waals surface area contributed by atoms with Crippen molar-refractivity contribution in [3.8, 4) is 11.3 Å². The Morgan fingerprint density at radius 1 is 1.00 bits per heavy atom. The van der Waals surface area contributed by atoms with Crippen molar-refractivity contribution in [1.29, 1.82) is 0 Å². The molecule has 0 amide bonds. The first-order valence-corrected chi connectivity index (χ1v) is 7.94. The van der Waals surface area contributed by atoms with Crippen LogP contribution in [0, 0.1) is 11.6 Å². The molecule has 0 saturated heterocycles. The first-order valence-electron chi connectivity index (χ1n) is 7.94. The Bertz CT molecular complexity index is 1170. The maximum absolute atomic E-state index is 13.7. The van der Waals surface area contributed by atoms with E-state index in [9.17, 15) is 13.6 Å². The summed E-state index contributed by atoms with van der Waals surface area (Å²) in [6.07, 6.45) is 1.52. The van der Waals surface area contributed by atoms with Crippen molar-refractivity contribution in [2.45, 2.75) is 19.9 Å². The molecule has 0 bridgehead atoms. The van der Waals surface area contributed by atoms with Gasteiger partial charge in [0.25, 0.3) is 5.56 Å². The summed E-state index contributed by atoms with van der Waals surface area (Å²) in [6, 6.07) is 10.1. The fourth-order valence-electron chi connectivity index (χ4n) is 3.21. The highest BCUT2D eigenvalue weighted by Gasteiger charge is 2.18. The Kier molecular flexibility index (Phi) is 3.42. The van der Waals surface area contributed by atoms with Crippen LogP contribution < -0.4 is 5.56 Å². The molecule has 0 fully saturated rings. The van der Waals surface area contributed by atoms with E-state index < -0.39 is 11.6 Å². The number of hydrogen-bond donors (Lipinski definition) is 0. The molecule has 4 aromatic rings. The standard InChI is InChI=1S/C19H15F2N3O/c1-11(2)24-16-9-14(21)6-7-15(16)23-10-22-17(18(23)19(24)25)12-4-3-5-13(20)8-12/h3-11H,1-2H3. The van der Waals surface area contributed by atoms with Gasteiger partial charge in [0.05, 0.1) is 11.0 Å². The van der Waals surface area contributed by atoms with Crippen molar-refractivity contribution >= 4 is 16.6 Å². The Morgan fingerprint density at radius 2 is 1.76 bits per heavy atom. The van der Waals surface area contributed by atoms with Gasteiger partial charge in [-0.25, -0.2) is 13.8 Å². The van der Waals surface area contributed by atoms with E-state index in [1.165, 1.54) is 35.2 Å². The van der Waals surface area contributed by atoms with Crippen LogP contribution in [-0.4, -0.2) is 14.0 Å². The van der Waals surface area contributed by atoms with Gasteiger partial charge < -0.3 is 4.57 Å². The highest BCUT2D eigenvalue weighted by Crippen LogP contribution is 2.26. The molecule has 25 heavy (non-hydrogen) atoms. The number of halogens is 2. The summed E-state index contributed by atoms with van der Waals surface area (Å²) >= 11 is 0. The van der Waals surface area contributed by atoms with Gasteiger partial charge in [0.2, 0.25) is 0 Å². The molecule has 0 radical (unpaired) electrons. The molecule has 0 N–H and O–H groups in total. The molecule has 0 aliphatic rings. The summed E-state index contributed by atoms with van der Waals surface area (Å²) in [5, 5.41) is 0. The van der Waals surface area contributed by atoms with E-state index >= 15 is 0 Å². The topological polar surface area (TPSA) is 39.3 Å². The molecule has 0 unspecified atom stereocenters. The summed E-state index contributed by atoms with van der Waals surface area (Å²) in [6.45, 7) is 3.72. The molecule has 0 aliphatic carbocycles. The van der Waals surface area contributed by atoms with Crippen molar-refractivity contribution < 1.29 is 8.78 Å². The number of hydrogen-bond acceptors (Lipinski definition) is 2. The molecule has 126 valence electrons. The Morgan fingerprint density at radius 3 is 2.48 bits per heavy atom.